The van der Waals surface area contributed by atoms with Crippen molar-refractivity contribution >= 4 is 34.5 Å². The Morgan fingerprint density at radius 3 is 2.67 bits per heavy atom. The maximum absolute atomic E-state index is 6.22. The van der Waals surface area contributed by atoms with E-state index >= 15 is 0 Å². The standard InChI is InChI=1S/C14H21Cl2NS/c1-8-5-4-6-12(9(8)2)17-10(3)11-7-13(15)18-14(11)16/h7-10,12,17H,4-6H2,1-3H3. The second-order valence-corrected chi connectivity index (χ2v) is 7.83. The molecule has 2 rings (SSSR count). The predicted octanol–water partition coefficient (Wildman–Crippen LogP) is 5.53. The van der Waals surface area contributed by atoms with Crippen molar-refractivity contribution in [3.05, 3.63) is 20.3 Å². The number of halogens is 2. The lowest BCUT2D eigenvalue weighted by Crippen LogP contribution is -2.41. The van der Waals surface area contributed by atoms with E-state index in [9.17, 15) is 0 Å². The SMILES string of the molecule is CC(NC1CCCC(C)C1C)c1cc(Cl)sc1Cl. The zero-order chi connectivity index (χ0) is 13.3. The molecule has 1 nitrogen and oxygen atoms in total. The van der Waals surface area contributed by atoms with E-state index in [1.807, 2.05) is 6.07 Å². The van der Waals surface area contributed by atoms with Gasteiger partial charge in [-0.05, 0) is 36.8 Å². The van der Waals surface area contributed by atoms with Gasteiger partial charge < -0.3 is 5.32 Å². The fraction of sp³-hybridized carbons (Fsp3) is 0.714. The van der Waals surface area contributed by atoms with E-state index in [1.165, 1.54) is 30.6 Å². The van der Waals surface area contributed by atoms with E-state index in [0.29, 0.717) is 6.04 Å². The van der Waals surface area contributed by atoms with Crippen molar-refractivity contribution in [2.45, 2.75) is 52.1 Å². The zero-order valence-corrected chi connectivity index (χ0v) is 13.5. The van der Waals surface area contributed by atoms with Crippen molar-refractivity contribution in [2.75, 3.05) is 0 Å². The van der Waals surface area contributed by atoms with Gasteiger partial charge in [0.2, 0.25) is 0 Å². The minimum Gasteiger partial charge on any atom is -0.307 e. The monoisotopic (exact) mass is 305 g/mol. The summed E-state index contributed by atoms with van der Waals surface area (Å²) in [5.41, 5.74) is 1.14. The number of hydrogen-bond acceptors (Lipinski definition) is 2. The summed E-state index contributed by atoms with van der Waals surface area (Å²) >= 11 is 13.7. The van der Waals surface area contributed by atoms with Crippen molar-refractivity contribution in [1.82, 2.24) is 5.32 Å². The third kappa shape index (κ3) is 3.22. The van der Waals surface area contributed by atoms with Crippen LogP contribution in [0, 0.1) is 11.8 Å². The fourth-order valence-electron chi connectivity index (χ4n) is 2.88. The molecule has 1 aliphatic carbocycles. The molecule has 102 valence electrons. The zero-order valence-electron chi connectivity index (χ0n) is 11.2. The van der Waals surface area contributed by atoms with Crippen LogP contribution in [0.5, 0.6) is 0 Å². The van der Waals surface area contributed by atoms with Gasteiger partial charge in [0.05, 0.1) is 8.67 Å². The molecule has 1 heterocycles. The summed E-state index contributed by atoms with van der Waals surface area (Å²) in [5, 5.41) is 3.73. The average molecular weight is 306 g/mol. The van der Waals surface area contributed by atoms with Gasteiger partial charge in [-0.3, -0.25) is 0 Å². The van der Waals surface area contributed by atoms with Crippen molar-refractivity contribution in [3.8, 4) is 0 Å². The maximum Gasteiger partial charge on any atom is 0.0991 e. The third-order valence-electron chi connectivity index (χ3n) is 4.32. The molecule has 0 bridgehead atoms. The Balaban J connectivity index is 2.02. The van der Waals surface area contributed by atoms with Gasteiger partial charge >= 0.3 is 0 Å². The van der Waals surface area contributed by atoms with E-state index in [-0.39, 0.29) is 6.04 Å². The first-order valence-corrected chi connectivity index (χ1v) is 8.27. The second-order valence-electron chi connectivity index (χ2n) is 5.54. The number of hydrogen-bond donors (Lipinski definition) is 1. The Hall–Kier alpha value is 0.240. The highest BCUT2D eigenvalue weighted by Gasteiger charge is 2.28. The molecule has 1 aromatic rings. The van der Waals surface area contributed by atoms with Crippen LogP contribution in [-0.4, -0.2) is 6.04 Å². The lowest BCUT2D eigenvalue weighted by Gasteiger charge is -2.36. The Labute approximate surface area is 124 Å². The topological polar surface area (TPSA) is 12.0 Å². The van der Waals surface area contributed by atoms with E-state index in [2.05, 4.69) is 26.1 Å². The van der Waals surface area contributed by atoms with Crippen LogP contribution >= 0.6 is 34.5 Å². The molecule has 1 aromatic heterocycles. The highest BCUT2D eigenvalue weighted by atomic mass is 35.5. The normalized spacial score (nSPS) is 30.4. The molecule has 0 aliphatic heterocycles. The molecule has 0 amide bonds. The highest BCUT2D eigenvalue weighted by Crippen LogP contribution is 2.36. The van der Waals surface area contributed by atoms with Gasteiger partial charge in [-0.1, -0.05) is 49.9 Å². The predicted molar refractivity (Wildman–Crippen MR) is 81.9 cm³/mol. The molecule has 1 aliphatic rings. The number of nitrogens with one attached hydrogen (secondary N) is 1. The Morgan fingerprint density at radius 1 is 1.33 bits per heavy atom. The van der Waals surface area contributed by atoms with Crippen molar-refractivity contribution in [1.29, 1.82) is 0 Å². The molecule has 1 saturated carbocycles. The molecule has 0 saturated heterocycles. The lowest BCUT2D eigenvalue weighted by atomic mass is 9.77. The summed E-state index contributed by atoms with van der Waals surface area (Å²) in [5.74, 6) is 1.54. The van der Waals surface area contributed by atoms with Crippen LogP contribution in [0.4, 0.5) is 0 Å². The minimum absolute atomic E-state index is 0.277. The Morgan fingerprint density at radius 2 is 2.06 bits per heavy atom. The van der Waals surface area contributed by atoms with Crippen molar-refractivity contribution < 1.29 is 0 Å². The minimum atomic E-state index is 0.277. The molecular weight excluding hydrogens is 285 g/mol. The van der Waals surface area contributed by atoms with Gasteiger partial charge in [-0.25, -0.2) is 0 Å². The first kappa shape index (κ1) is 14.6. The molecule has 1 fully saturated rings. The summed E-state index contributed by atoms with van der Waals surface area (Å²) in [7, 11) is 0. The van der Waals surface area contributed by atoms with Crippen molar-refractivity contribution in [3.63, 3.8) is 0 Å². The molecule has 4 unspecified atom stereocenters. The van der Waals surface area contributed by atoms with Crippen LogP contribution in [0.2, 0.25) is 8.67 Å². The van der Waals surface area contributed by atoms with Gasteiger partial charge in [0.15, 0.2) is 0 Å². The second kappa shape index (κ2) is 6.13. The number of rotatable bonds is 3. The van der Waals surface area contributed by atoms with Crippen LogP contribution in [0.1, 0.15) is 51.6 Å². The van der Waals surface area contributed by atoms with Crippen LogP contribution in [-0.2, 0) is 0 Å². The third-order valence-corrected chi connectivity index (χ3v) is 5.84. The molecule has 4 atom stereocenters. The molecule has 0 spiro atoms. The van der Waals surface area contributed by atoms with E-state index < -0.39 is 0 Å². The van der Waals surface area contributed by atoms with Gasteiger partial charge in [0.25, 0.3) is 0 Å². The number of thiophene rings is 1. The summed E-state index contributed by atoms with van der Waals surface area (Å²) < 4.78 is 1.59. The maximum atomic E-state index is 6.22. The summed E-state index contributed by atoms with van der Waals surface area (Å²) in [6.07, 6.45) is 3.96. The van der Waals surface area contributed by atoms with E-state index in [0.717, 1.165) is 26.1 Å². The van der Waals surface area contributed by atoms with Gasteiger partial charge in [-0.15, -0.1) is 11.3 Å². The van der Waals surface area contributed by atoms with Crippen LogP contribution in [0.15, 0.2) is 6.07 Å². The molecule has 1 N–H and O–H groups in total. The summed E-state index contributed by atoms with van der Waals surface area (Å²) in [4.78, 5) is 0. The van der Waals surface area contributed by atoms with Crippen molar-refractivity contribution in [2.24, 2.45) is 11.8 Å². The summed E-state index contributed by atoms with van der Waals surface area (Å²) in [6, 6.07) is 2.86. The largest absolute Gasteiger partial charge is 0.307 e. The molecule has 0 radical (unpaired) electrons. The van der Waals surface area contributed by atoms with Gasteiger partial charge in [-0.2, -0.15) is 0 Å². The highest BCUT2D eigenvalue weighted by molar-refractivity contribution is 7.20. The quantitative estimate of drug-likeness (QED) is 0.774. The average Bonchev–Trinajstić information content (AvgIpc) is 2.64. The summed E-state index contributed by atoms with van der Waals surface area (Å²) in [6.45, 7) is 6.89. The van der Waals surface area contributed by atoms with Gasteiger partial charge in [0.1, 0.15) is 0 Å². The smallest absolute Gasteiger partial charge is 0.0991 e. The van der Waals surface area contributed by atoms with Crippen LogP contribution < -0.4 is 5.32 Å². The first-order chi connectivity index (χ1) is 8.49. The van der Waals surface area contributed by atoms with Gasteiger partial charge in [0, 0.05) is 12.1 Å². The van der Waals surface area contributed by atoms with Crippen LogP contribution in [0.25, 0.3) is 0 Å². The van der Waals surface area contributed by atoms with Crippen LogP contribution in [0.3, 0.4) is 0 Å². The first-order valence-electron chi connectivity index (χ1n) is 6.69. The molecule has 4 heteroatoms. The lowest BCUT2D eigenvalue weighted by molar-refractivity contribution is 0.196. The van der Waals surface area contributed by atoms with E-state index in [4.69, 9.17) is 23.2 Å². The fourth-order valence-corrected chi connectivity index (χ4v) is 4.52. The Kier molecular flexibility index (Phi) is 4.99. The van der Waals surface area contributed by atoms with E-state index in [1.54, 1.807) is 0 Å². The molecular formula is C14H21Cl2NS. The molecule has 0 aromatic carbocycles. The Bertz CT molecular complexity index is 404. The molecule has 18 heavy (non-hydrogen) atoms.